The molecule has 1 aromatic rings. The molecule has 1 aromatic heterocycles. The summed E-state index contributed by atoms with van der Waals surface area (Å²) in [5.41, 5.74) is 1.56. The Morgan fingerprint density at radius 1 is 1.80 bits per heavy atom. The van der Waals surface area contributed by atoms with Crippen molar-refractivity contribution >= 4 is 5.78 Å². The molecule has 3 heteroatoms. The van der Waals surface area contributed by atoms with Gasteiger partial charge in [0.1, 0.15) is 0 Å². The summed E-state index contributed by atoms with van der Waals surface area (Å²) in [6, 6.07) is 0. The van der Waals surface area contributed by atoms with Gasteiger partial charge in [0.2, 0.25) is 0 Å². The standard InChI is InChI=1S/C7H10N2O/c1-3-7(10)6-4-8-9-5(6)2/h4H,3H2,1-2H3,(H,8,9). The van der Waals surface area contributed by atoms with Crippen LogP contribution in [0.5, 0.6) is 0 Å². The Kier molecular flexibility index (Phi) is 1.85. The minimum Gasteiger partial charge on any atom is -0.294 e. The lowest BCUT2D eigenvalue weighted by atomic mass is 10.1. The molecule has 1 heterocycles. The summed E-state index contributed by atoms with van der Waals surface area (Å²) in [7, 11) is 0. The number of hydrogen-bond donors (Lipinski definition) is 1. The molecule has 1 N–H and O–H groups in total. The Labute approximate surface area is 59.4 Å². The van der Waals surface area contributed by atoms with Crippen molar-refractivity contribution in [2.75, 3.05) is 0 Å². The number of aryl methyl sites for hydroxylation is 1. The summed E-state index contributed by atoms with van der Waals surface area (Å²) in [6.45, 7) is 3.69. The molecule has 3 nitrogen and oxygen atoms in total. The number of rotatable bonds is 2. The van der Waals surface area contributed by atoms with Crippen LogP contribution in [0.25, 0.3) is 0 Å². The minimum absolute atomic E-state index is 0.145. The van der Waals surface area contributed by atoms with Crippen LogP contribution in [-0.2, 0) is 0 Å². The van der Waals surface area contributed by atoms with E-state index < -0.39 is 0 Å². The molecule has 10 heavy (non-hydrogen) atoms. The Hall–Kier alpha value is -1.12. The quantitative estimate of drug-likeness (QED) is 0.626. The van der Waals surface area contributed by atoms with Gasteiger partial charge in [-0.3, -0.25) is 9.89 Å². The second kappa shape index (κ2) is 2.64. The van der Waals surface area contributed by atoms with Crippen molar-refractivity contribution in [3.05, 3.63) is 17.5 Å². The van der Waals surface area contributed by atoms with E-state index in [0.717, 1.165) is 5.69 Å². The maximum atomic E-state index is 11.0. The summed E-state index contributed by atoms with van der Waals surface area (Å²) in [4.78, 5) is 11.0. The highest BCUT2D eigenvalue weighted by Gasteiger charge is 2.06. The van der Waals surface area contributed by atoms with Gasteiger partial charge in [-0.25, -0.2) is 0 Å². The van der Waals surface area contributed by atoms with Crippen LogP contribution in [0.15, 0.2) is 6.20 Å². The normalized spacial score (nSPS) is 9.80. The Balaban J connectivity index is 2.93. The monoisotopic (exact) mass is 138 g/mol. The number of hydrogen-bond acceptors (Lipinski definition) is 2. The van der Waals surface area contributed by atoms with Gasteiger partial charge in [0.05, 0.1) is 11.8 Å². The molecular formula is C7H10N2O. The third-order valence-electron chi connectivity index (χ3n) is 1.45. The van der Waals surface area contributed by atoms with E-state index in [-0.39, 0.29) is 5.78 Å². The summed E-state index contributed by atoms with van der Waals surface area (Å²) in [5.74, 6) is 0.145. The van der Waals surface area contributed by atoms with Crippen molar-refractivity contribution in [3.63, 3.8) is 0 Å². The lowest BCUT2D eigenvalue weighted by Gasteiger charge is -1.91. The van der Waals surface area contributed by atoms with Gasteiger partial charge < -0.3 is 0 Å². The summed E-state index contributed by atoms with van der Waals surface area (Å²) < 4.78 is 0. The van der Waals surface area contributed by atoms with Gasteiger partial charge in [-0.2, -0.15) is 5.10 Å². The molecule has 0 unspecified atom stereocenters. The average Bonchev–Trinajstić information content (AvgIpc) is 2.34. The molecular weight excluding hydrogens is 128 g/mol. The number of carbonyl (C=O) groups excluding carboxylic acids is 1. The van der Waals surface area contributed by atoms with E-state index in [4.69, 9.17) is 0 Å². The van der Waals surface area contributed by atoms with Gasteiger partial charge >= 0.3 is 0 Å². The number of H-pyrrole nitrogens is 1. The lowest BCUT2D eigenvalue weighted by molar-refractivity contribution is 0.0987. The van der Waals surface area contributed by atoms with E-state index in [1.165, 1.54) is 0 Å². The van der Waals surface area contributed by atoms with Crippen LogP contribution in [0.1, 0.15) is 29.4 Å². The number of ketones is 1. The summed E-state index contributed by atoms with van der Waals surface area (Å²) >= 11 is 0. The van der Waals surface area contributed by atoms with Gasteiger partial charge in [0.15, 0.2) is 5.78 Å². The van der Waals surface area contributed by atoms with E-state index in [1.807, 2.05) is 13.8 Å². The molecule has 54 valence electrons. The van der Waals surface area contributed by atoms with E-state index in [9.17, 15) is 4.79 Å². The van der Waals surface area contributed by atoms with Gasteiger partial charge in [-0.05, 0) is 6.92 Å². The molecule has 0 aliphatic heterocycles. The zero-order chi connectivity index (χ0) is 7.56. The summed E-state index contributed by atoms with van der Waals surface area (Å²) in [6.07, 6.45) is 2.11. The molecule has 0 aliphatic carbocycles. The number of carbonyl (C=O) groups is 1. The van der Waals surface area contributed by atoms with Crippen LogP contribution in [0.2, 0.25) is 0 Å². The van der Waals surface area contributed by atoms with E-state index in [0.29, 0.717) is 12.0 Å². The first-order chi connectivity index (χ1) is 4.75. The lowest BCUT2D eigenvalue weighted by Crippen LogP contribution is -1.96. The Morgan fingerprint density at radius 3 is 2.90 bits per heavy atom. The molecule has 0 aliphatic rings. The molecule has 0 spiro atoms. The maximum Gasteiger partial charge on any atom is 0.166 e. The van der Waals surface area contributed by atoms with Crippen LogP contribution < -0.4 is 0 Å². The number of aromatic nitrogens is 2. The number of Topliss-reactive ketones (excluding diaryl/α,β-unsaturated/α-hetero) is 1. The Morgan fingerprint density at radius 2 is 2.50 bits per heavy atom. The van der Waals surface area contributed by atoms with Gasteiger partial charge in [-0.1, -0.05) is 6.92 Å². The molecule has 0 amide bonds. The van der Waals surface area contributed by atoms with Crippen molar-refractivity contribution in [1.82, 2.24) is 10.2 Å². The molecule has 0 aromatic carbocycles. The zero-order valence-electron chi connectivity index (χ0n) is 6.14. The van der Waals surface area contributed by atoms with Crippen molar-refractivity contribution in [2.45, 2.75) is 20.3 Å². The first-order valence-corrected chi connectivity index (χ1v) is 3.29. The minimum atomic E-state index is 0.145. The fraction of sp³-hybridized carbons (Fsp3) is 0.429. The van der Waals surface area contributed by atoms with Crippen molar-refractivity contribution in [1.29, 1.82) is 0 Å². The second-order valence-electron chi connectivity index (χ2n) is 2.19. The molecule has 0 bridgehead atoms. The Bertz CT molecular complexity index is 240. The first kappa shape index (κ1) is 6.99. The van der Waals surface area contributed by atoms with Crippen LogP contribution in [-0.4, -0.2) is 16.0 Å². The van der Waals surface area contributed by atoms with Crippen LogP contribution >= 0.6 is 0 Å². The predicted octanol–water partition coefficient (Wildman–Crippen LogP) is 1.31. The molecule has 0 saturated heterocycles. The number of aromatic amines is 1. The fourth-order valence-electron chi connectivity index (χ4n) is 0.822. The number of nitrogens with zero attached hydrogens (tertiary/aromatic N) is 1. The molecule has 1 rings (SSSR count). The molecule has 0 radical (unpaired) electrons. The molecule has 0 saturated carbocycles. The van der Waals surface area contributed by atoms with Crippen molar-refractivity contribution in [2.24, 2.45) is 0 Å². The van der Waals surface area contributed by atoms with Gasteiger partial charge in [0, 0.05) is 12.1 Å². The average molecular weight is 138 g/mol. The second-order valence-corrected chi connectivity index (χ2v) is 2.19. The zero-order valence-corrected chi connectivity index (χ0v) is 6.14. The molecule has 0 atom stereocenters. The third kappa shape index (κ3) is 1.07. The van der Waals surface area contributed by atoms with Gasteiger partial charge in [0.25, 0.3) is 0 Å². The van der Waals surface area contributed by atoms with Crippen molar-refractivity contribution < 1.29 is 4.79 Å². The molecule has 0 fully saturated rings. The first-order valence-electron chi connectivity index (χ1n) is 3.29. The highest BCUT2D eigenvalue weighted by molar-refractivity contribution is 5.96. The highest BCUT2D eigenvalue weighted by Crippen LogP contribution is 2.04. The number of nitrogens with one attached hydrogen (secondary N) is 1. The van der Waals surface area contributed by atoms with E-state index >= 15 is 0 Å². The topological polar surface area (TPSA) is 45.8 Å². The predicted molar refractivity (Wildman–Crippen MR) is 37.9 cm³/mol. The van der Waals surface area contributed by atoms with Gasteiger partial charge in [-0.15, -0.1) is 0 Å². The van der Waals surface area contributed by atoms with Crippen LogP contribution in [0, 0.1) is 6.92 Å². The van der Waals surface area contributed by atoms with E-state index in [2.05, 4.69) is 10.2 Å². The highest BCUT2D eigenvalue weighted by atomic mass is 16.1. The summed E-state index contributed by atoms with van der Waals surface area (Å²) in [5, 5.41) is 6.46. The smallest absolute Gasteiger partial charge is 0.166 e. The third-order valence-corrected chi connectivity index (χ3v) is 1.45. The fourth-order valence-corrected chi connectivity index (χ4v) is 0.822. The van der Waals surface area contributed by atoms with Crippen LogP contribution in [0.4, 0.5) is 0 Å². The SMILES string of the molecule is CCC(=O)c1cn[nH]c1C. The maximum absolute atomic E-state index is 11.0. The van der Waals surface area contributed by atoms with Crippen molar-refractivity contribution in [3.8, 4) is 0 Å². The van der Waals surface area contributed by atoms with E-state index in [1.54, 1.807) is 6.20 Å². The van der Waals surface area contributed by atoms with Crippen LogP contribution in [0.3, 0.4) is 0 Å². The largest absolute Gasteiger partial charge is 0.294 e.